The van der Waals surface area contributed by atoms with Crippen molar-refractivity contribution < 1.29 is 18.0 Å². The summed E-state index contributed by atoms with van der Waals surface area (Å²) in [7, 11) is -3.61. The standard InChI is InChI=1S/C20H23N3O4S/c1-4-20(2,3)22-28(26,27)15-9-7-14(8-10-15)11-13-23-18(24)16-6-5-12-21-17(16)19(23)25/h5-10,12,22H,4,11,13H2,1-3H3. The number of pyridine rings is 1. The van der Waals surface area contributed by atoms with Crippen LogP contribution in [0.5, 0.6) is 0 Å². The van der Waals surface area contributed by atoms with Gasteiger partial charge in [-0.3, -0.25) is 19.5 Å². The van der Waals surface area contributed by atoms with Gasteiger partial charge < -0.3 is 0 Å². The Bertz CT molecular complexity index is 979. The molecular formula is C20H23N3O4S. The van der Waals surface area contributed by atoms with Gasteiger partial charge in [0, 0.05) is 18.3 Å². The highest BCUT2D eigenvalue weighted by Gasteiger charge is 2.36. The number of imide groups is 1. The summed E-state index contributed by atoms with van der Waals surface area (Å²) in [5.41, 5.74) is 0.798. The first-order chi connectivity index (χ1) is 13.1. The molecule has 0 atom stereocenters. The molecule has 0 spiro atoms. The van der Waals surface area contributed by atoms with Crippen molar-refractivity contribution in [1.29, 1.82) is 0 Å². The maximum atomic E-state index is 12.5. The molecule has 0 radical (unpaired) electrons. The lowest BCUT2D eigenvalue weighted by molar-refractivity contribution is 0.0654. The predicted octanol–water partition coefficient (Wildman–Crippen LogP) is 2.39. The zero-order valence-electron chi connectivity index (χ0n) is 16.1. The van der Waals surface area contributed by atoms with E-state index in [0.29, 0.717) is 18.4 Å². The summed E-state index contributed by atoms with van der Waals surface area (Å²) in [4.78, 5) is 30.0. The molecule has 0 fully saturated rings. The van der Waals surface area contributed by atoms with Crippen LogP contribution in [0.4, 0.5) is 0 Å². The van der Waals surface area contributed by atoms with Crippen LogP contribution in [0.1, 0.15) is 53.6 Å². The Morgan fingerprint density at radius 2 is 1.75 bits per heavy atom. The monoisotopic (exact) mass is 401 g/mol. The van der Waals surface area contributed by atoms with E-state index in [1.165, 1.54) is 23.2 Å². The van der Waals surface area contributed by atoms with Gasteiger partial charge in [-0.05, 0) is 56.5 Å². The molecule has 2 aromatic rings. The summed E-state index contributed by atoms with van der Waals surface area (Å²) < 4.78 is 27.6. The van der Waals surface area contributed by atoms with Crippen LogP contribution in [0.3, 0.4) is 0 Å². The first-order valence-corrected chi connectivity index (χ1v) is 10.6. The number of nitrogens with zero attached hydrogens (tertiary/aromatic N) is 2. The minimum atomic E-state index is -3.61. The molecule has 0 saturated heterocycles. The minimum Gasteiger partial charge on any atom is -0.273 e. The third-order valence-corrected chi connectivity index (χ3v) is 6.60. The van der Waals surface area contributed by atoms with E-state index < -0.39 is 21.5 Å². The van der Waals surface area contributed by atoms with Gasteiger partial charge in [-0.2, -0.15) is 0 Å². The number of benzene rings is 1. The van der Waals surface area contributed by atoms with Crippen molar-refractivity contribution in [3.63, 3.8) is 0 Å². The van der Waals surface area contributed by atoms with Gasteiger partial charge in [0.1, 0.15) is 5.69 Å². The average molecular weight is 401 g/mol. The van der Waals surface area contributed by atoms with E-state index in [2.05, 4.69) is 9.71 Å². The summed E-state index contributed by atoms with van der Waals surface area (Å²) in [6.45, 7) is 5.79. The maximum Gasteiger partial charge on any atom is 0.280 e. The number of nitrogens with one attached hydrogen (secondary N) is 1. The fraction of sp³-hybridized carbons (Fsp3) is 0.350. The van der Waals surface area contributed by atoms with E-state index in [4.69, 9.17) is 0 Å². The molecule has 0 unspecified atom stereocenters. The topological polar surface area (TPSA) is 96.4 Å². The summed E-state index contributed by atoms with van der Waals surface area (Å²) in [5, 5.41) is 0. The van der Waals surface area contributed by atoms with E-state index in [-0.39, 0.29) is 23.0 Å². The summed E-state index contributed by atoms with van der Waals surface area (Å²) in [5.74, 6) is -0.746. The molecule has 8 heteroatoms. The highest BCUT2D eigenvalue weighted by molar-refractivity contribution is 7.89. The molecule has 148 valence electrons. The number of hydrogen-bond donors (Lipinski definition) is 1. The second-order valence-corrected chi connectivity index (χ2v) is 9.08. The van der Waals surface area contributed by atoms with Gasteiger partial charge in [0.05, 0.1) is 10.5 Å². The van der Waals surface area contributed by atoms with Gasteiger partial charge in [0.2, 0.25) is 10.0 Å². The molecule has 3 rings (SSSR count). The van der Waals surface area contributed by atoms with Crippen LogP contribution in [-0.2, 0) is 16.4 Å². The fourth-order valence-electron chi connectivity index (χ4n) is 2.89. The number of carbonyl (C=O) groups excluding carboxylic acids is 2. The number of carbonyl (C=O) groups is 2. The zero-order chi connectivity index (χ0) is 20.5. The van der Waals surface area contributed by atoms with Crippen LogP contribution >= 0.6 is 0 Å². The number of hydrogen-bond acceptors (Lipinski definition) is 5. The first kappa shape index (κ1) is 20.2. The van der Waals surface area contributed by atoms with Gasteiger partial charge in [0.25, 0.3) is 11.8 Å². The maximum absolute atomic E-state index is 12.5. The minimum absolute atomic E-state index is 0.179. The van der Waals surface area contributed by atoms with E-state index in [9.17, 15) is 18.0 Å². The van der Waals surface area contributed by atoms with Gasteiger partial charge in [0.15, 0.2) is 0 Å². The van der Waals surface area contributed by atoms with Crippen molar-refractivity contribution in [3.05, 3.63) is 59.4 Å². The predicted molar refractivity (Wildman–Crippen MR) is 104 cm³/mol. The molecule has 7 nitrogen and oxygen atoms in total. The molecule has 2 amide bonds. The van der Waals surface area contributed by atoms with Crippen molar-refractivity contribution in [2.24, 2.45) is 0 Å². The molecule has 1 aromatic heterocycles. The van der Waals surface area contributed by atoms with Crippen molar-refractivity contribution >= 4 is 21.8 Å². The van der Waals surface area contributed by atoms with E-state index in [0.717, 1.165) is 5.56 Å². The number of sulfonamides is 1. The molecule has 2 heterocycles. The Balaban J connectivity index is 1.68. The second-order valence-electron chi connectivity index (χ2n) is 7.40. The van der Waals surface area contributed by atoms with E-state index in [1.807, 2.05) is 20.8 Å². The molecule has 1 aliphatic rings. The lowest BCUT2D eigenvalue weighted by atomic mass is 10.0. The smallest absolute Gasteiger partial charge is 0.273 e. The highest BCUT2D eigenvalue weighted by atomic mass is 32.2. The molecule has 0 saturated carbocycles. The third-order valence-electron chi connectivity index (χ3n) is 4.88. The average Bonchev–Trinajstić information content (AvgIpc) is 2.90. The highest BCUT2D eigenvalue weighted by Crippen LogP contribution is 2.21. The van der Waals surface area contributed by atoms with E-state index >= 15 is 0 Å². The quantitative estimate of drug-likeness (QED) is 0.719. The van der Waals surface area contributed by atoms with Gasteiger partial charge in [-0.1, -0.05) is 19.1 Å². The van der Waals surface area contributed by atoms with Crippen LogP contribution in [0, 0.1) is 0 Å². The number of fused-ring (bicyclic) bond motifs is 1. The Labute approximate surface area is 164 Å². The third kappa shape index (κ3) is 3.98. The van der Waals surface area contributed by atoms with Gasteiger partial charge in [-0.15, -0.1) is 0 Å². The zero-order valence-corrected chi connectivity index (χ0v) is 16.9. The lowest BCUT2D eigenvalue weighted by Crippen LogP contribution is -2.42. The molecule has 28 heavy (non-hydrogen) atoms. The normalized spacial score (nSPS) is 14.5. The lowest BCUT2D eigenvalue weighted by Gasteiger charge is -2.24. The SMILES string of the molecule is CCC(C)(C)NS(=O)(=O)c1ccc(CCN2C(=O)c3cccnc3C2=O)cc1. The van der Waals surface area contributed by atoms with Crippen molar-refractivity contribution in [3.8, 4) is 0 Å². The number of aromatic nitrogens is 1. The molecule has 0 aliphatic carbocycles. The van der Waals surface area contributed by atoms with Crippen LogP contribution in [-0.4, -0.2) is 42.2 Å². The Morgan fingerprint density at radius 1 is 1.07 bits per heavy atom. The van der Waals surface area contributed by atoms with Crippen molar-refractivity contribution in [2.75, 3.05) is 6.54 Å². The Hall–Kier alpha value is -2.58. The van der Waals surface area contributed by atoms with E-state index in [1.54, 1.807) is 24.3 Å². The van der Waals surface area contributed by atoms with Crippen molar-refractivity contribution in [1.82, 2.24) is 14.6 Å². The first-order valence-electron chi connectivity index (χ1n) is 9.09. The Kier molecular flexibility index (Phi) is 5.36. The second kappa shape index (κ2) is 7.44. The Morgan fingerprint density at radius 3 is 2.36 bits per heavy atom. The van der Waals surface area contributed by atoms with Crippen LogP contribution in [0.25, 0.3) is 0 Å². The van der Waals surface area contributed by atoms with Crippen LogP contribution in [0.2, 0.25) is 0 Å². The summed E-state index contributed by atoms with van der Waals surface area (Å²) in [6.07, 6.45) is 2.58. The molecule has 0 bridgehead atoms. The number of amides is 2. The van der Waals surface area contributed by atoms with Gasteiger partial charge >= 0.3 is 0 Å². The summed E-state index contributed by atoms with van der Waals surface area (Å²) >= 11 is 0. The summed E-state index contributed by atoms with van der Waals surface area (Å²) in [6, 6.07) is 9.68. The molecule has 1 aromatic carbocycles. The molecule has 1 aliphatic heterocycles. The molecule has 1 N–H and O–H groups in total. The van der Waals surface area contributed by atoms with Crippen LogP contribution < -0.4 is 4.72 Å². The van der Waals surface area contributed by atoms with Crippen LogP contribution in [0.15, 0.2) is 47.5 Å². The number of rotatable bonds is 7. The fourth-order valence-corrected chi connectivity index (χ4v) is 4.37. The van der Waals surface area contributed by atoms with Gasteiger partial charge in [-0.25, -0.2) is 13.1 Å². The molecular weight excluding hydrogens is 378 g/mol. The largest absolute Gasteiger partial charge is 0.280 e. The van der Waals surface area contributed by atoms with Crippen molar-refractivity contribution in [2.45, 2.75) is 44.0 Å².